The molecular weight excluding hydrogens is 314 g/mol. The predicted octanol–water partition coefficient (Wildman–Crippen LogP) is 1.88. The van der Waals surface area contributed by atoms with Crippen LogP contribution in [0.2, 0.25) is 0 Å². The molecule has 3 rings (SSSR count). The molecule has 0 radical (unpaired) electrons. The van der Waals surface area contributed by atoms with Crippen molar-refractivity contribution in [2.75, 3.05) is 45.9 Å². The number of hydrogen-bond donors (Lipinski definition) is 2. The number of nitrogens with one attached hydrogen (secondary N) is 1. The minimum absolute atomic E-state index is 0.121. The number of ether oxygens (including phenoxy) is 1. The normalized spacial score (nSPS) is 25.0. The molecule has 2 unspecified atom stereocenters. The summed E-state index contributed by atoms with van der Waals surface area (Å²) in [5.41, 5.74) is 1.30. The van der Waals surface area contributed by atoms with Crippen molar-refractivity contribution >= 4 is 0 Å². The Hall–Kier alpha value is -1.14. The highest BCUT2D eigenvalue weighted by atomic mass is 16.5. The summed E-state index contributed by atoms with van der Waals surface area (Å²) in [6.45, 7) is 11.1. The molecule has 2 heterocycles. The van der Waals surface area contributed by atoms with E-state index in [1.165, 1.54) is 5.56 Å². The molecule has 0 amide bonds. The van der Waals surface area contributed by atoms with E-state index < -0.39 is 0 Å². The number of aliphatic hydroxyl groups is 1. The summed E-state index contributed by atoms with van der Waals surface area (Å²) >= 11 is 0. The molecule has 1 aromatic carbocycles. The van der Waals surface area contributed by atoms with Crippen molar-refractivity contribution < 1.29 is 9.84 Å². The number of rotatable bonds is 6. The molecule has 140 valence electrons. The minimum Gasteiger partial charge on any atom is -0.494 e. The summed E-state index contributed by atoms with van der Waals surface area (Å²) in [5.74, 6) is 1.01. The van der Waals surface area contributed by atoms with E-state index in [2.05, 4.69) is 46.3 Å². The smallest absolute Gasteiger partial charge is 0.124 e. The SMILES string of the molecule is CCOc1ccccc1C(CN1CCC(O)CC1)N1CCNC(C)C1. The van der Waals surface area contributed by atoms with Crippen molar-refractivity contribution in [3.05, 3.63) is 29.8 Å². The second-order valence-corrected chi connectivity index (χ2v) is 7.37. The molecule has 2 saturated heterocycles. The van der Waals surface area contributed by atoms with Crippen molar-refractivity contribution in [3.8, 4) is 5.75 Å². The molecule has 0 spiro atoms. The molecule has 0 saturated carbocycles. The number of nitrogens with zero attached hydrogens (tertiary/aromatic N) is 2. The van der Waals surface area contributed by atoms with Gasteiger partial charge in [0, 0.05) is 50.9 Å². The molecule has 2 aliphatic heterocycles. The first-order valence-electron chi connectivity index (χ1n) is 9.77. The second kappa shape index (κ2) is 8.99. The van der Waals surface area contributed by atoms with Crippen molar-refractivity contribution in [1.29, 1.82) is 0 Å². The van der Waals surface area contributed by atoms with E-state index in [1.54, 1.807) is 0 Å². The van der Waals surface area contributed by atoms with Gasteiger partial charge in [-0.1, -0.05) is 18.2 Å². The van der Waals surface area contributed by atoms with Crippen LogP contribution in [0, 0.1) is 0 Å². The average Bonchev–Trinajstić information content (AvgIpc) is 2.62. The van der Waals surface area contributed by atoms with Gasteiger partial charge in [0.25, 0.3) is 0 Å². The van der Waals surface area contributed by atoms with Crippen LogP contribution in [-0.4, -0.2) is 72.9 Å². The van der Waals surface area contributed by atoms with Crippen LogP contribution in [0.15, 0.2) is 24.3 Å². The fourth-order valence-electron chi connectivity index (χ4n) is 4.04. The molecular formula is C20H33N3O2. The first kappa shape index (κ1) is 18.6. The van der Waals surface area contributed by atoms with Crippen LogP contribution in [0.1, 0.15) is 38.3 Å². The molecule has 2 aliphatic rings. The Labute approximate surface area is 152 Å². The average molecular weight is 348 g/mol. The topological polar surface area (TPSA) is 48.0 Å². The highest BCUT2D eigenvalue weighted by molar-refractivity contribution is 5.36. The maximum absolute atomic E-state index is 9.81. The largest absolute Gasteiger partial charge is 0.494 e. The standard InChI is InChI=1S/C20H33N3O2/c1-3-25-20-7-5-4-6-18(20)19(23-13-10-21-16(2)14-23)15-22-11-8-17(24)9-12-22/h4-7,16-17,19,21,24H,3,8-15H2,1-2H3. The van der Waals surface area contributed by atoms with E-state index >= 15 is 0 Å². The Bertz CT molecular complexity index is 531. The Morgan fingerprint density at radius 2 is 2.00 bits per heavy atom. The molecule has 0 bridgehead atoms. The number of piperazine rings is 1. The van der Waals surface area contributed by atoms with Crippen LogP contribution in [0.3, 0.4) is 0 Å². The third kappa shape index (κ3) is 4.94. The van der Waals surface area contributed by atoms with Gasteiger partial charge in [-0.3, -0.25) is 4.90 Å². The molecule has 0 aliphatic carbocycles. The number of para-hydroxylation sites is 1. The van der Waals surface area contributed by atoms with Gasteiger partial charge in [-0.15, -0.1) is 0 Å². The van der Waals surface area contributed by atoms with Crippen LogP contribution < -0.4 is 10.1 Å². The lowest BCUT2D eigenvalue weighted by molar-refractivity contribution is 0.0546. The number of piperidine rings is 1. The maximum atomic E-state index is 9.81. The Morgan fingerprint density at radius 1 is 1.24 bits per heavy atom. The van der Waals surface area contributed by atoms with Gasteiger partial charge < -0.3 is 20.1 Å². The molecule has 2 fully saturated rings. The fraction of sp³-hybridized carbons (Fsp3) is 0.700. The van der Waals surface area contributed by atoms with Crippen LogP contribution >= 0.6 is 0 Å². The van der Waals surface area contributed by atoms with E-state index in [-0.39, 0.29) is 6.10 Å². The lowest BCUT2D eigenvalue weighted by atomic mass is 9.99. The van der Waals surface area contributed by atoms with Crippen molar-refractivity contribution in [2.45, 2.75) is 44.9 Å². The third-order valence-corrected chi connectivity index (χ3v) is 5.41. The van der Waals surface area contributed by atoms with Crippen LogP contribution in [0.25, 0.3) is 0 Å². The quantitative estimate of drug-likeness (QED) is 0.823. The van der Waals surface area contributed by atoms with E-state index in [0.717, 1.165) is 57.9 Å². The van der Waals surface area contributed by atoms with E-state index in [1.807, 2.05) is 6.92 Å². The molecule has 2 N–H and O–H groups in total. The first-order valence-corrected chi connectivity index (χ1v) is 9.77. The summed E-state index contributed by atoms with van der Waals surface area (Å²) in [7, 11) is 0. The van der Waals surface area contributed by atoms with Gasteiger partial charge in [-0.25, -0.2) is 0 Å². The third-order valence-electron chi connectivity index (χ3n) is 5.41. The van der Waals surface area contributed by atoms with Crippen molar-refractivity contribution in [3.63, 3.8) is 0 Å². The lowest BCUT2D eigenvalue weighted by Crippen LogP contribution is -2.52. The van der Waals surface area contributed by atoms with Crippen LogP contribution in [-0.2, 0) is 0 Å². The van der Waals surface area contributed by atoms with Gasteiger partial charge in [0.05, 0.1) is 18.8 Å². The van der Waals surface area contributed by atoms with E-state index in [0.29, 0.717) is 18.7 Å². The number of benzene rings is 1. The molecule has 25 heavy (non-hydrogen) atoms. The van der Waals surface area contributed by atoms with Gasteiger partial charge in [0.1, 0.15) is 5.75 Å². The highest BCUT2D eigenvalue weighted by Gasteiger charge is 2.29. The Balaban J connectivity index is 1.81. The molecule has 5 heteroatoms. The zero-order valence-electron chi connectivity index (χ0n) is 15.7. The fourth-order valence-corrected chi connectivity index (χ4v) is 4.04. The monoisotopic (exact) mass is 347 g/mol. The number of aliphatic hydroxyl groups excluding tert-OH is 1. The van der Waals surface area contributed by atoms with Crippen molar-refractivity contribution in [1.82, 2.24) is 15.1 Å². The molecule has 2 atom stereocenters. The summed E-state index contributed by atoms with van der Waals surface area (Å²) in [6, 6.07) is 9.35. The van der Waals surface area contributed by atoms with Gasteiger partial charge in [-0.2, -0.15) is 0 Å². The minimum atomic E-state index is -0.121. The first-order chi connectivity index (χ1) is 12.2. The van der Waals surface area contributed by atoms with Gasteiger partial charge in [0.15, 0.2) is 0 Å². The Kier molecular flexibility index (Phi) is 6.70. The van der Waals surface area contributed by atoms with E-state index in [9.17, 15) is 5.11 Å². The van der Waals surface area contributed by atoms with Crippen molar-refractivity contribution in [2.24, 2.45) is 0 Å². The summed E-state index contributed by atoms with van der Waals surface area (Å²) in [6.07, 6.45) is 1.65. The predicted molar refractivity (Wildman–Crippen MR) is 101 cm³/mol. The van der Waals surface area contributed by atoms with Gasteiger partial charge in [0.2, 0.25) is 0 Å². The van der Waals surface area contributed by atoms with Gasteiger partial charge in [-0.05, 0) is 32.8 Å². The Morgan fingerprint density at radius 3 is 2.72 bits per heavy atom. The van der Waals surface area contributed by atoms with Crippen LogP contribution in [0.5, 0.6) is 5.75 Å². The second-order valence-electron chi connectivity index (χ2n) is 7.37. The summed E-state index contributed by atoms with van der Waals surface area (Å²) in [5, 5.41) is 13.4. The zero-order valence-corrected chi connectivity index (χ0v) is 15.7. The summed E-state index contributed by atoms with van der Waals surface area (Å²) in [4.78, 5) is 5.11. The van der Waals surface area contributed by atoms with Crippen LogP contribution in [0.4, 0.5) is 0 Å². The highest BCUT2D eigenvalue weighted by Crippen LogP contribution is 2.31. The van der Waals surface area contributed by atoms with E-state index in [4.69, 9.17) is 4.74 Å². The summed E-state index contributed by atoms with van der Waals surface area (Å²) < 4.78 is 5.94. The number of likely N-dealkylation sites (tertiary alicyclic amines) is 1. The number of hydrogen-bond acceptors (Lipinski definition) is 5. The maximum Gasteiger partial charge on any atom is 0.124 e. The zero-order chi connectivity index (χ0) is 17.6. The molecule has 5 nitrogen and oxygen atoms in total. The molecule has 0 aromatic heterocycles. The van der Waals surface area contributed by atoms with Gasteiger partial charge >= 0.3 is 0 Å². The molecule has 1 aromatic rings. The lowest BCUT2D eigenvalue weighted by Gasteiger charge is -2.41.